The number of aryl methyl sites for hydroxylation is 1. The van der Waals surface area contributed by atoms with Crippen LogP contribution in [0.2, 0.25) is 0 Å². The van der Waals surface area contributed by atoms with Gasteiger partial charge in [-0.2, -0.15) is 9.90 Å². The van der Waals surface area contributed by atoms with Crippen molar-refractivity contribution in [2.45, 2.75) is 6.92 Å². The van der Waals surface area contributed by atoms with Crippen LogP contribution in [0, 0.1) is 6.92 Å². The maximum atomic E-state index is 12.2. The first-order chi connectivity index (χ1) is 13.0. The summed E-state index contributed by atoms with van der Waals surface area (Å²) in [5.41, 5.74) is 6.49. The fraction of sp³-hybridized carbons (Fsp3) is 0.118. The second-order valence-electron chi connectivity index (χ2n) is 5.41. The normalized spacial score (nSPS) is 10.4. The molecule has 0 saturated carbocycles. The number of carbonyl (C=O) groups is 3. The number of hydrogen-bond donors (Lipinski definition) is 2. The number of thiophene rings is 1. The molecule has 138 valence electrons. The van der Waals surface area contributed by atoms with Crippen molar-refractivity contribution in [2.24, 2.45) is 5.73 Å². The highest BCUT2D eigenvalue weighted by atomic mass is 32.1. The van der Waals surface area contributed by atoms with Crippen molar-refractivity contribution in [1.29, 1.82) is 0 Å². The highest BCUT2D eigenvalue weighted by Gasteiger charge is 2.20. The lowest BCUT2D eigenvalue weighted by Gasteiger charge is -2.05. The number of para-hydroxylation sites is 1. The summed E-state index contributed by atoms with van der Waals surface area (Å²) >= 11 is 1.14. The molecule has 0 radical (unpaired) electrons. The number of aromatic nitrogens is 3. The van der Waals surface area contributed by atoms with Crippen molar-refractivity contribution in [2.75, 3.05) is 11.9 Å². The Morgan fingerprint density at radius 3 is 2.63 bits per heavy atom. The number of nitrogens with one attached hydrogen (secondary N) is 1. The molecule has 0 atom stereocenters. The fourth-order valence-electron chi connectivity index (χ4n) is 2.21. The van der Waals surface area contributed by atoms with E-state index in [9.17, 15) is 14.4 Å². The van der Waals surface area contributed by atoms with Crippen molar-refractivity contribution in [1.82, 2.24) is 15.0 Å². The summed E-state index contributed by atoms with van der Waals surface area (Å²) in [4.78, 5) is 36.7. The fourth-order valence-corrected chi connectivity index (χ4v) is 3.02. The van der Waals surface area contributed by atoms with E-state index in [0.29, 0.717) is 16.4 Å². The van der Waals surface area contributed by atoms with Crippen LogP contribution in [0.15, 0.2) is 41.8 Å². The van der Waals surface area contributed by atoms with Gasteiger partial charge in [-0.1, -0.05) is 18.2 Å². The number of primary amides is 1. The molecular weight excluding hydrogens is 370 g/mol. The Hall–Kier alpha value is -3.53. The Labute approximate surface area is 157 Å². The van der Waals surface area contributed by atoms with Crippen LogP contribution in [0.3, 0.4) is 0 Å². The van der Waals surface area contributed by atoms with Crippen LogP contribution in [-0.4, -0.2) is 39.4 Å². The van der Waals surface area contributed by atoms with Crippen LogP contribution < -0.4 is 11.1 Å². The number of hydrogen-bond acceptors (Lipinski definition) is 7. The zero-order valence-electron chi connectivity index (χ0n) is 14.2. The number of ether oxygens (including phenoxy) is 1. The number of esters is 1. The van der Waals surface area contributed by atoms with Crippen molar-refractivity contribution >= 4 is 34.1 Å². The Kier molecular flexibility index (Phi) is 5.27. The third-order valence-corrected chi connectivity index (χ3v) is 4.31. The molecule has 0 bridgehead atoms. The van der Waals surface area contributed by atoms with Gasteiger partial charge in [0, 0.05) is 0 Å². The lowest BCUT2D eigenvalue weighted by atomic mass is 10.3. The van der Waals surface area contributed by atoms with E-state index in [-0.39, 0.29) is 11.3 Å². The Bertz CT molecular complexity index is 996. The second-order valence-corrected chi connectivity index (χ2v) is 6.33. The van der Waals surface area contributed by atoms with Crippen LogP contribution in [0.25, 0.3) is 5.69 Å². The van der Waals surface area contributed by atoms with E-state index in [1.807, 2.05) is 18.2 Å². The standard InChI is InChI=1S/C17H15N5O4S/c1-10-14(21-22(20-10)11-5-3-2-4-6-11)17(25)26-9-13(23)19-16-12(15(18)24)7-8-27-16/h2-8H,9H2,1H3,(H2,18,24)(H,19,23). The van der Waals surface area contributed by atoms with Gasteiger partial charge in [-0.15, -0.1) is 16.4 Å². The van der Waals surface area contributed by atoms with Gasteiger partial charge in [0.25, 0.3) is 11.8 Å². The van der Waals surface area contributed by atoms with Crippen LogP contribution in [0.4, 0.5) is 5.00 Å². The zero-order chi connectivity index (χ0) is 19.4. The summed E-state index contributed by atoms with van der Waals surface area (Å²) in [7, 11) is 0. The monoisotopic (exact) mass is 385 g/mol. The van der Waals surface area contributed by atoms with Crippen molar-refractivity contribution in [3.8, 4) is 5.69 Å². The molecule has 2 heterocycles. The number of benzene rings is 1. The van der Waals surface area contributed by atoms with E-state index in [4.69, 9.17) is 10.5 Å². The van der Waals surface area contributed by atoms with E-state index in [0.717, 1.165) is 11.3 Å². The number of nitrogens with zero attached hydrogens (tertiary/aromatic N) is 3. The first-order valence-electron chi connectivity index (χ1n) is 7.79. The van der Waals surface area contributed by atoms with Gasteiger partial charge in [-0.3, -0.25) is 9.59 Å². The van der Waals surface area contributed by atoms with Gasteiger partial charge in [0.2, 0.25) is 0 Å². The lowest BCUT2D eigenvalue weighted by molar-refractivity contribution is -0.119. The SMILES string of the molecule is Cc1nn(-c2ccccc2)nc1C(=O)OCC(=O)Nc1sccc1C(N)=O. The molecular formula is C17H15N5O4S. The van der Waals surface area contributed by atoms with Gasteiger partial charge < -0.3 is 15.8 Å². The van der Waals surface area contributed by atoms with E-state index >= 15 is 0 Å². The molecule has 3 aromatic rings. The Balaban J connectivity index is 1.62. The molecule has 0 aliphatic rings. The average Bonchev–Trinajstić information content (AvgIpc) is 3.27. The lowest BCUT2D eigenvalue weighted by Crippen LogP contribution is -2.22. The predicted molar refractivity (Wildman–Crippen MR) is 97.8 cm³/mol. The number of nitrogens with two attached hydrogens (primary N) is 1. The van der Waals surface area contributed by atoms with Gasteiger partial charge in [0.05, 0.1) is 16.9 Å². The van der Waals surface area contributed by atoms with Crippen LogP contribution in [0.1, 0.15) is 26.5 Å². The summed E-state index contributed by atoms with van der Waals surface area (Å²) in [6.07, 6.45) is 0. The largest absolute Gasteiger partial charge is 0.451 e. The third kappa shape index (κ3) is 4.18. The molecule has 0 saturated heterocycles. The molecule has 3 rings (SSSR count). The minimum atomic E-state index is -0.772. The summed E-state index contributed by atoms with van der Waals surface area (Å²) < 4.78 is 4.99. The number of amides is 2. The quantitative estimate of drug-likeness (QED) is 0.619. The average molecular weight is 385 g/mol. The minimum absolute atomic E-state index is 0.0144. The number of rotatable bonds is 6. The van der Waals surface area contributed by atoms with E-state index in [2.05, 4.69) is 15.5 Å². The molecule has 27 heavy (non-hydrogen) atoms. The third-order valence-electron chi connectivity index (χ3n) is 3.48. The first-order valence-corrected chi connectivity index (χ1v) is 8.67. The molecule has 0 unspecified atom stereocenters. The van der Waals surface area contributed by atoms with Crippen LogP contribution in [0.5, 0.6) is 0 Å². The Morgan fingerprint density at radius 1 is 1.19 bits per heavy atom. The molecule has 0 fully saturated rings. The highest BCUT2D eigenvalue weighted by molar-refractivity contribution is 7.14. The van der Waals surface area contributed by atoms with Crippen LogP contribution >= 0.6 is 11.3 Å². The maximum absolute atomic E-state index is 12.2. The molecule has 2 amide bonds. The smallest absolute Gasteiger partial charge is 0.361 e. The van der Waals surface area contributed by atoms with E-state index in [1.165, 1.54) is 10.9 Å². The second kappa shape index (κ2) is 7.79. The molecule has 0 aliphatic heterocycles. The van der Waals surface area contributed by atoms with Crippen molar-refractivity contribution < 1.29 is 19.1 Å². The van der Waals surface area contributed by atoms with E-state index in [1.54, 1.807) is 24.4 Å². The van der Waals surface area contributed by atoms with Gasteiger partial charge in [0.15, 0.2) is 12.3 Å². The highest BCUT2D eigenvalue weighted by Crippen LogP contribution is 2.22. The van der Waals surface area contributed by atoms with E-state index < -0.39 is 24.4 Å². The Morgan fingerprint density at radius 2 is 1.93 bits per heavy atom. The summed E-state index contributed by atoms with van der Waals surface area (Å²) in [5.74, 6) is -2.02. The van der Waals surface area contributed by atoms with Gasteiger partial charge in [-0.25, -0.2) is 4.79 Å². The molecule has 3 N–H and O–H groups in total. The van der Waals surface area contributed by atoms with Gasteiger partial charge in [0.1, 0.15) is 5.00 Å². The minimum Gasteiger partial charge on any atom is -0.451 e. The van der Waals surface area contributed by atoms with Crippen molar-refractivity contribution in [3.05, 3.63) is 58.7 Å². The summed E-state index contributed by atoms with van der Waals surface area (Å²) in [6.45, 7) is 1.08. The van der Waals surface area contributed by atoms with Gasteiger partial charge >= 0.3 is 5.97 Å². The number of carbonyl (C=O) groups excluding carboxylic acids is 3. The molecule has 9 nitrogen and oxygen atoms in total. The molecule has 1 aromatic carbocycles. The zero-order valence-corrected chi connectivity index (χ0v) is 15.0. The molecule has 10 heteroatoms. The van der Waals surface area contributed by atoms with Crippen molar-refractivity contribution in [3.63, 3.8) is 0 Å². The van der Waals surface area contributed by atoms with Gasteiger partial charge in [-0.05, 0) is 30.5 Å². The number of anilines is 1. The van der Waals surface area contributed by atoms with Crippen LogP contribution in [-0.2, 0) is 9.53 Å². The molecule has 0 spiro atoms. The molecule has 2 aromatic heterocycles. The summed E-state index contributed by atoms with van der Waals surface area (Å²) in [5, 5.41) is 12.7. The molecule has 0 aliphatic carbocycles. The maximum Gasteiger partial charge on any atom is 0.361 e. The predicted octanol–water partition coefficient (Wildman–Crippen LogP) is 1.53. The summed E-state index contributed by atoms with van der Waals surface area (Å²) in [6, 6.07) is 10.6. The first kappa shape index (κ1) is 18.3. The topological polar surface area (TPSA) is 129 Å².